The van der Waals surface area contributed by atoms with Gasteiger partial charge in [0.2, 0.25) is 0 Å². The normalized spacial score (nSPS) is 22.6. The van der Waals surface area contributed by atoms with E-state index in [1.54, 1.807) is 6.08 Å². The van der Waals surface area contributed by atoms with Crippen LogP contribution in [-0.4, -0.2) is 5.45 Å². The molecule has 0 radical (unpaired) electrons. The van der Waals surface area contributed by atoms with Gasteiger partial charge in [-0.2, -0.15) is 0 Å². The van der Waals surface area contributed by atoms with Gasteiger partial charge < -0.3 is 4.84 Å². The molecule has 0 aromatic rings. The van der Waals surface area contributed by atoms with Gasteiger partial charge in [-0.25, -0.2) is 0 Å². The Bertz CT molecular complexity index is 112. The van der Waals surface area contributed by atoms with E-state index in [9.17, 15) is 0 Å². The molecule has 4 heteroatoms. The van der Waals surface area contributed by atoms with Crippen molar-refractivity contribution in [1.82, 2.24) is 5.25 Å². The summed E-state index contributed by atoms with van der Waals surface area (Å²) in [6.07, 6.45) is 3.08. The van der Waals surface area contributed by atoms with Crippen LogP contribution in [0.2, 0.25) is 0 Å². The van der Waals surface area contributed by atoms with Gasteiger partial charge >= 0.3 is 0 Å². The van der Waals surface area contributed by atoms with Gasteiger partial charge in [-0.3, -0.25) is 5.41 Å². The lowest BCUT2D eigenvalue weighted by atomic mass is 10.7. The second-order valence-electron chi connectivity index (χ2n) is 1.06. The molecule has 0 aliphatic carbocycles. The van der Waals surface area contributed by atoms with Crippen molar-refractivity contribution < 1.29 is 4.84 Å². The molecule has 0 bridgehead atoms. The molecule has 1 atom stereocenters. The van der Waals surface area contributed by atoms with Crippen LogP contribution in [0.1, 0.15) is 0 Å². The van der Waals surface area contributed by atoms with E-state index < -0.39 is 0 Å². The maximum Gasteiger partial charge on any atom is 0.113 e. The number of allylic oxidation sites excluding steroid dienone is 1. The number of hydrogen-bond donors (Lipinski definition) is 2. The molecule has 1 rings (SSSR count). The monoisotopic (exact) mass is 116 g/mol. The average Bonchev–Trinajstić information content (AvgIpc) is 1.69. The minimum Gasteiger partial charge on any atom is -0.413 e. The molecular formula is C3H5N2OP. The third-order valence-corrected chi connectivity index (χ3v) is 1.20. The topological polar surface area (TPSA) is 45.1 Å². The molecule has 1 aliphatic heterocycles. The van der Waals surface area contributed by atoms with Crippen molar-refractivity contribution in [3.05, 3.63) is 12.3 Å². The highest BCUT2D eigenvalue weighted by Crippen LogP contribution is 2.09. The van der Waals surface area contributed by atoms with E-state index in [0.29, 0.717) is 14.2 Å². The molecular weight excluding hydrogens is 111 g/mol. The summed E-state index contributed by atoms with van der Waals surface area (Å²) in [7, 11) is 0.300. The lowest BCUT2D eigenvalue weighted by Crippen LogP contribution is -2.04. The van der Waals surface area contributed by atoms with Crippen LogP contribution in [0.5, 0.6) is 0 Å². The Morgan fingerprint density at radius 1 is 1.86 bits per heavy atom. The maximum atomic E-state index is 6.97. The molecule has 0 spiro atoms. The summed E-state index contributed by atoms with van der Waals surface area (Å²) < 4.78 is 0. The highest BCUT2D eigenvalue weighted by molar-refractivity contribution is 7.56. The first-order valence-electron chi connectivity index (χ1n) is 1.81. The quantitative estimate of drug-likeness (QED) is 0.455. The minimum absolute atomic E-state index is 0.300. The van der Waals surface area contributed by atoms with Gasteiger partial charge in [0.25, 0.3) is 0 Å². The molecule has 0 amide bonds. The van der Waals surface area contributed by atoms with Gasteiger partial charge in [0.15, 0.2) is 0 Å². The van der Waals surface area contributed by atoms with Crippen LogP contribution in [0.3, 0.4) is 0 Å². The van der Waals surface area contributed by atoms with E-state index in [2.05, 4.69) is 10.1 Å². The van der Waals surface area contributed by atoms with Crippen molar-refractivity contribution in [1.29, 1.82) is 5.41 Å². The Labute approximate surface area is 43.0 Å². The van der Waals surface area contributed by atoms with Crippen LogP contribution >= 0.6 is 8.73 Å². The zero-order chi connectivity index (χ0) is 5.11. The molecule has 1 aliphatic rings. The van der Waals surface area contributed by atoms with Crippen molar-refractivity contribution in [2.45, 2.75) is 0 Å². The Balaban J connectivity index is 2.51. The van der Waals surface area contributed by atoms with Gasteiger partial charge in [0, 0.05) is 14.8 Å². The molecule has 0 aromatic carbocycles. The van der Waals surface area contributed by atoms with Gasteiger partial charge in [0.1, 0.15) is 6.26 Å². The molecule has 0 saturated heterocycles. The summed E-state index contributed by atoms with van der Waals surface area (Å²) in [5.74, 6) is 0. The van der Waals surface area contributed by atoms with Crippen LogP contribution < -0.4 is 5.25 Å². The Hall–Kier alpha value is -0.400. The van der Waals surface area contributed by atoms with Crippen molar-refractivity contribution in [2.24, 2.45) is 0 Å². The lowest BCUT2D eigenvalue weighted by Gasteiger charge is -2.05. The maximum absolute atomic E-state index is 6.97. The SMILES string of the molecule is N=C1C=CONP1. The van der Waals surface area contributed by atoms with Crippen molar-refractivity contribution in [2.75, 3.05) is 0 Å². The molecule has 0 fully saturated rings. The summed E-state index contributed by atoms with van der Waals surface area (Å²) >= 11 is 0. The molecule has 38 valence electrons. The van der Waals surface area contributed by atoms with Crippen LogP contribution in [-0.2, 0) is 4.84 Å². The molecule has 2 N–H and O–H groups in total. The Kier molecular flexibility index (Phi) is 1.39. The highest BCUT2D eigenvalue weighted by Gasteiger charge is 1.93. The smallest absolute Gasteiger partial charge is 0.113 e. The van der Waals surface area contributed by atoms with E-state index in [4.69, 9.17) is 5.41 Å². The van der Waals surface area contributed by atoms with Crippen LogP contribution in [0.15, 0.2) is 12.3 Å². The van der Waals surface area contributed by atoms with Crippen molar-refractivity contribution >= 4 is 14.2 Å². The lowest BCUT2D eigenvalue weighted by molar-refractivity contribution is 0.211. The predicted octanol–water partition coefficient (Wildman–Crippen LogP) is 0.606. The summed E-state index contributed by atoms with van der Waals surface area (Å²) in [6, 6.07) is 0. The first-order chi connectivity index (χ1) is 3.39. The van der Waals surface area contributed by atoms with E-state index >= 15 is 0 Å². The molecule has 1 heterocycles. The van der Waals surface area contributed by atoms with Gasteiger partial charge in [-0.05, 0) is 0 Å². The molecule has 3 nitrogen and oxygen atoms in total. The van der Waals surface area contributed by atoms with Gasteiger partial charge in [-0.1, -0.05) is 0 Å². The van der Waals surface area contributed by atoms with E-state index in [-0.39, 0.29) is 0 Å². The van der Waals surface area contributed by atoms with Crippen LogP contribution in [0.25, 0.3) is 0 Å². The van der Waals surface area contributed by atoms with Gasteiger partial charge in [0.05, 0.1) is 5.45 Å². The second-order valence-corrected chi connectivity index (χ2v) is 2.05. The third kappa shape index (κ3) is 1.26. The summed E-state index contributed by atoms with van der Waals surface area (Å²) in [6.45, 7) is 0. The Morgan fingerprint density at radius 3 is 3.00 bits per heavy atom. The predicted molar refractivity (Wildman–Crippen MR) is 29.4 cm³/mol. The van der Waals surface area contributed by atoms with Gasteiger partial charge in [-0.15, -0.1) is 5.25 Å². The van der Waals surface area contributed by atoms with E-state index in [1.807, 2.05) is 0 Å². The van der Waals surface area contributed by atoms with Crippen LogP contribution in [0, 0.1) is 5.41 Å². The summed E-state index contributed by atoms with van der Waals surface area (Å²) in [5.41, 5.74) is 0.575. The fourth-order valence-electron chi connectivity index (χ4n) is 0.262. The average molecular weight is 116 g/mol. The standard InChI is InChI=1S/C3H5N2OP/c4-3-1-2-6-5-7-3/h1-2,4-5,7H. The second kappa shape index (κ2) is 2.05. The fraction of sp³-hybridized carbons (Fsp3) is 0. The fourth-order valence-corrected chi connectivity index (χ4v) is 0.650. The number of hydrogen-bond acceptors (Lipinski definition) is 3. The molecule has 7 heavy (non-hydrogen) atoms. The molecule has 0 aromatic heterocycles. The summed E-state index contributed by atoms with van der Waals surface area (Å²) in [5, 5.41) is 9.52. The largest absolute Gasteiger partial charge is 0.413 e. The first-order valence-corrected chi connectivity index (χ1v) is 2.81. The molecule has 0 saturated carbocycles. The number of nitrogens with one attached hydrogen (secondary N) is 2. The van der Waals surface area contributed by atoms with Crippen molar-refractivity contribution in [3.8, 4) is 0 Å². The van der Waals surface area contributed by atoms with Crippen LogP contribution in [0.4, 0.5) is 0 Å². The Morgan fingerprint density at radius 2 is 2.71 bits per heavy atom. The zero-order valence-corrected chi connectivity index (χ0v) is 4.56. The summed E-state index contributed by atoms with van der Waals surface area (Å²) in [4.78, 5) is 4.58. The van der Waals surface area contributed by atoms with E-state index in [1.165, 1.54) is 6.26 Å². The third-order valence-electron chi connectivity index (χ3n) is 0.547. The zero-order valence-electron chi connectivity index (χ0n) is 3.56. The molecule has 1 unspecified atom stereocenters. The first kappa shape index (κ1) is 4.75. The van der Waals surface area contributed by atoms with Crippen molar-refractivity contribution in [3.63, 3.8) is 0 Å². The number of rotatable bonds is 0. The minimum atomic E-state index is 0.300. The highest BCUT2D eigenvalue weighted by atomic mass is 31.1. The van der Waals surface area contributed by atoms with E-state index in [0.717, 1.165) is 0 Å².